The van der Waals surface area contributed by atoms with Crippen LogP contribution < -0.4 is 10.6 Å². The molecule has 2 N–H and O–H groups in total. The zero-order valence-corrected chi connectivity index (χ0v) is 21.5. The highest BCUT2D eigenvalue weighted by Gasteiger charge is 2.31. The van der Waals surface area contributed by atoms with Crippen LogP contribution in [-0.4, -0.2) is 58.3 Å². The van der Waals surface area contributed by atoms with Crippen molar-refractivity contribution in [2.24, 2.45) is 0 Å². The van der Waals surface area contributed by atoms with Crippen LogP contribution in [-0.2, 0) is 13.1 Å². The van der Waals surface area contributed by atoms with E-state index >= 15 is 0 Å². The maximum atomic E-state index is 13.6. The molecule has 0 spiro atoms. The average Bonchev–Trinajstić information content (AvgIpc) is 3.49. The van der Waals surface area contributed by atoms with Crippen molar-refractivity contribution in [1.29, 1.82) is 0 Å². The summed E-state index contributed by atoms with van der Waals surface area (Å²) in [4.78, 5) is 3.42. The molecule has 0 saturated carbocycles. The second-order valence-electron chi connectivity index (χ2n) is 9.27. The van der Waals surface area contributed by atoms with Crippen LogP contribution in [0.1, 0.15) is 18.7 Å². The van der Waals surface area contributed by atoms with Crippen molar-refractivity contribution in [2.45, 2.75) is 43.0 Å². The van der Waals surface area contributed by atoms with E-state index in [1.807, 2.05) is 36.6 Å². The molecule has 1 aliphatic heterocycles. The lowest BCUT2D eigenvalue weighted by Crippen LogP contribution is -2.36. The highest BCUT2D eigenvalue weighted by molar-refractivity contribution is 7.98. The van der Waals surface area contributed by atoms with Gasteiger partial charge in [-0.25, -0.2) is 0 Å². The summed E-state index contributed by atoms with van der Waals surface area (Å²) in [6.07, 6.45) is -0.453. The molecule has 2 aromatic carbocycles. The van der Waals surface area contributed by atoms with Gasteiger partial charge in [0.1, 0.15) is 12.2 Å². The summed E-state index contributed by atoms with van der Waals surface area (Å²) >= 11 is 1.65. The molecular weight excluding hydrogens is 501 g/mol. The third-order valence-corrected chi connectivity index (χ3v) is 7.32. The SMILES string of the molecule is CSc1ccc(NCc2nnc(-c3cc4c(NC5CCN(C)CC5)cccc4n3CC(F)(F)F)o2)cc1. The summed E-state index contributed by atoms with van der Waals surface area (Å²) in [5.74, 6) is 0.345. The number of rotatable bonds is 8. The van der Waals surface area contributed by atoms with Crippen molar-refractivity contribution in [2.75, 3.05) is 37.0 Å². The first kappa shape index (κ1) is 25.5. The molecule has 37 heavy (non-hydrogen) atoms. The number of halogens is 3. The van der Waals surface area contributed by atoms with Crippen LogP contribution >= 0.6 is 11.8 Å². The molecule has 0 amide bonds. The summed E-state index contributed by atoms with van der Waals surface area (Å²) in [5, 5.41) is 15.6. The number of anilines is 2. The summed E-state index contributed by atoms with van der Waals surface area (Å²) in [6, 6.07) is 15.3. The summed E-state index contributed by atoms with van der Waals surface area (Å²) < 4.78 is 47.8. The van der Waals surface area contributed by atoms with Gasteiger partial charge in [0.05, 0.1) is 12.1 Å². The number of alkyl halides is 3. The molecule has 196 valence electrons. The van der Waals surface area contributed by atoms with Crippen LogP contribution in [0, 0.1) is 0 Å². The molecule has 5 rings (SSSR count). The van der Waals surface area contributed by atoms with Crippen molar-refractivity contribution in [3.8, 4) is 11.6 Å². The molecule has 4 aromatic rings. The third-order valence-electron chi connectivity index (χ3n) is 6.58. The van der Waals surface area contributed by atoms with Gasteiger partial charge in [0, 0.05) is 27.7 Å². The molecule has 0 radical (unpaired) electrons. The molecule has 1 fully saturated rings. The Kier molecular flexibility index (Phi) is 7.34. The first-order chi connectivity index (χ1) is 17.8. The monoisotopic (exact) mass is 530 g/mol. The second-order valence-corrected chi connectivity index (χ2v) is 10.2. The molecule has 0 bridgehead atoms. The standard InChI is InChI=1S/C26H29F3N6OS/c1-34-12-10-18(11-13-34)31-21-4-3-5-22-20(21)14-23(35(22)16-26(27,28)29)25-33-32-24(36-25)15-30-17-6-8-19(37-2)9-7-17/h3-9,14,18,30-31H,10-13,15-16H2,1-2H3. The van der Waals surface area contributed by atoms with Gasteiger partial charge in [0.25, 0.3) is 5.89 Å². The number of piperidine rings is 1. The number of nitrogens with zero attached hydrogens (tertiary/aromatic N) is 4. The number of hydrogen-bond donors (Lipinski definition) is 2. The van der Waals surface area contributed by atoms with Crippen LogP contribution in [0.2, 0.25) is 0 Å². The van der Waals surface area contributed by atoms with E-state index in [0.717, 1.165) is 42.2 Å². The Hall–Kier alpha value is -3.18. The Morgan fingerprint density at radius 3 is 2.54 bits per heavy atom. The van der Waals surface area contributed by atoms with Gasteiger partial charge in [-0.2, -0.15) is 13.2 Å². The Morgan fingerprint density at radius 1 is 1.08 bits per heavy atom. The Morgan fingerprint density at radius 2 is 1.84 bits per heavy atom. The maximum Gasteiger partial charge on any atom is 0.406 e. The number of thioether (sulfide) groups is 1. The van der Waals surface area contributed by atoms with Crippen molar-refractivity contribution in [1.82, 2.24) is 19.7 Å². The number of benzene rings is 2. The topological polar surface area (TPSA) is 71.2 Å². The van der Waals surface area contributed by atoms with Crippen LogP contribution in [0.15, 0.2) is 57.8 Å². The van der Waals surface area contributed by atoms with Gasteiger partial charge in [-0.15, -0.1) is 22.0 Å². The number of aromatic nitrogens is 3. The van der Waals surface area contributed by atoms with E-state index in [4.69, 9.17) is 4.42 Å². The Balaban J connectivity index is 1.42. The second kappa shape index (κ2) is 10.7. The first-order valence-corrected chi connectivity index (χ1v) is 13.4. The maximum absolute atomic E-state index is 13.6. The van der Waals surface area contributed by atoms with Gasteiger partial charge in [-0.05, 0) is 81.7 Å². The molecule has 7 nitrogen and oxygen atoms in total. The highest BCUT2D eigenvalue weighted by atomic mass is 32.2. The summed E-state index contributed by atoms with van der Waals surface area (Å²) in [5.41, 5.74) is 2.41. The minimum atomic E-state index is -4.41. The smallest absolute Gasteiger partial charge is 0.406 e. The zero-order valence-electron chi connectivity index (χ0n) is 20.7. The van der Waals surface area contributed by atoms with Gasteiger partial charge in [-0.1, -0.05) is 6.07 Å². The quantitative estimate of drug-likeness (QED) is 0.267. The molecular formula is C26H29F3N6OS. The third kappa shape index (κ3) is 6.04. The fourth-order valence-electron chi connectivity index (χ4n) is 4.63. The lowest BCUT2D eigenvalue weighted by Gasteiger charge is -2.30. The van der Waals surface area contributed by atoms with E-state index < -0.39 is 12.7 Å². The van der Waals surface area contributed by atoms with Crippen LogP contribution in [0.5, 0.6) is 0 Å². The minimum Gasteiger partial charge on any atom is -0.417 e. The molecule has 1 aliphatic rings. The zero-order chi connectivity index (χ0) is 26.0. The van der Waals surface area contributed by atoms with Crippen molar-refractivity contribution < 1.29 is 17.6 Å². The van der Waals surface area contributed by atoms with Crippen molar-refractivity contribution in [3.05, 3.63) is 54.4 Å². The fraction of sp³-hybridized carbons (Fsp3) is 0.385. The lowest BCUT2D eigenvalue weighted by atomic mass is 10.0. The molecule has 0 atom stereocenters. The van der Waals surface area contributed by atoms with Crippen LogP contribution in [0.4, 0.5) is 24.5 Å². The van der Waals surface area contributed by atoms with Gasteiger partial charge in [-0.3, -0.25) is 0 Å². The number of fused-ring (bicyclic) bond motifs is 1. The van der Waals surface area contributed by atoms with Gasteiger partial charge in [0.2, 0.25) is 5.89 Å². The summed E-state index contributed by atoms with van der Waals surface area (Å²) in [7, 11) is 2.09. The van der Waals surface area contributed by atoms with E-state index in [-0.39, 0.29) is 30.1 Å². The van der Waals surface area contributed by atoms with Gasteiger partial charge >= 0.3 is 6.18 Å². The van der Waals surface area contributed by atoms with Crippen LogP contribution in [0.3, 0.4) is 0 Å². The number of hydrogen-bond acceptors (Lipinski definition) is 7. The van der Waals surface area contributed by atoms with Crippen molar-refractivity contribution >= 4 is 34.0 Å². The molecule has 0 aliphatic carbocycles. The van der Waals surface area contributed by atoms with E-state index in [1.54, 1.807) is 30.0 Å². The fourth-order valence-corrected chi connectivity index (χ4v) is 5.03. The normalized spacial score (nSPS) is 15.4. The Bertz CT molecular complexity index is 1340. The Labute approximate surface area is 217 Å². The van der Waals surface area contributed by atoms with Gasteiger partial charge < -0.3 is 24.5 Å². The molecule has 3 heterocycles. The lowest BCUT2D eigenvalue weighted by molar-refractivity contribution is -0.139. The number of nitrogens with one attached hydrogen (secondary N) is 2. The highest BCUT2D eigenvalue weighted by Crippen LogP contribution is 2.35. The van der Waals surface area contributed by atoms with E-state index in [2.05, 4.69) is 32.8 Å². The van der Waals surface area contributed by atoms with Gasteiger partial charge in [0.15, 0.2) is 0 Å². The molecule has 1 saturated heterocycles. The van der Waals surface area contributed by atoms with E-state index in [9.17, 15) is 13.2 Å². The predicted molar refractivity (Wildman–Crippen MR) is 141 cm³/mol. The number of likely N-dealkylation sites (tertiary alicyclic amines) is 1. The average molecular weight is 531 g/mol. The van der Waals surface area contributed by atoms with E-state index in [0.29, 0.717) is 10.9 Å². The minimum absolute atomic E-state index is 0.0558. The van der Waals surface area contributed by atoms with Crippen LogP contribution in [0.25, 0.3) is 22.5 Å². The largest absolute Gasteiger partial charge is 0.417 e. The first-order valence-electron chi connectivity index (χ1n) is 12.1. The summed E-state index contributed by atoms with van der Waals surface area (Å²) in [6.45, 7) is 1.07. The van der Waals surface area contributed by atoms with E-state index in [1.165, 1.54) is 4.57 Å². The predicted octanol–water partition coefficient (Wildman–Crippen LogP) is 6.09. The molecule has 2 aromatic heterocycles. The molecule has 11 heteroatoms. The molecule has 0 unspecified atom stereocenters. The van der Waals surface area contributed by atoms with Crippen molar-refractivity contribution in [3.63, 3.8) is 0 Å².